The molecule has 0 spiro atoms. The Labute approximate surface area is 26.0 Å². The van der Waals surface area contributed by atoms with Gasteiger partial charge in [0, 0.05) is 1.43 Å². The van der Waals surface area contributed by atoms with E-state index in [0.717, 1.165) is 0 Å². The summed E-state index contributed by atoms with van der Waals surface area (Å²) in [6, 6.07) is 0. The maximum absolute atomic E-state index is 7.23. The van der Waals surface area contributed by atoms with E-state index in [4.69, 9.17) is 14.7 Å². The van der Waals surface area contributed by atoms with Crippen molar-refractivity contribution in [3.05, 3.63) is 0 Å². The minimum atomic E-state index is -2.62. The lowest BCUT2D eigenvalue weighted by atomic mass is 15.8. The van der Waals surface area contributed by atoms with Crippen LogP contribution >= 0.6 is 8.60 Å². The van der Waals surface area contributed by atoms with Crippen molar-refractivity contribution in [2.75, 3.05) is 0 Å². The first-order valence-electron chi connectivity index (χ1n) is 0.600. The van der Waals surface area contributed by atoms with Gasteiger partial charge in [0.2, 0.25) is 0 Å². The van der Waals surface area contributed by atoms with Gasteiger partial charge in [0.15, 0.2) is 0 Å². The van der Waals surface area contributed by atoms with Crippen LogP contribution < -0.4 is 0 Å². The van der Waals surface area contributed by atoms with Gasteiger partial charge in [-0.25, -0.2) is 0 Å². The van der Waals surface area contributed by atoms with E-state index in [9.17, 15) is 0 Å². The van der Waals surface area contributed by atoms with Crippen LogP contribution in [0.5, 0.6) is 0 Å². The minimum absolute atomic E-state index is 0. The molecule has 4 heavy (non-hydrogen) atoms. The summed E-state index contributed by atoms with van der Waals surface area (Å²) in [4.78, 5) is 21.7. The maximum atomic E-state index is 7.23. The van der Waals surface area contributed by atoms with Crippen molar-refractivity contribution in [1.82, 2.24) is 0 Å². The average molecular weight is 84.0 g/mol. The van der Waals surface area contributed by atoms with E-state index in [1.807, 2.05) is 0 Å². The smallest absolute Gasteiger partial charge is 0.324 e. The summed E-state index contributed by atoms with van der Waals surface area (Å²) in [5.41, 5.74) is 0. The van der Waals surface area contributed by atoms with Crippen molar-refractivity contribution < 1.29 is 16.1 Å². The Morgan fingerprint density at radius 3 is 1.25 bits per heavy atom. The van der Waals surface area contributed by atoms with Crippen molar-refractivity contribution in [2.24, 2.45) is 0 Å². The normalized spacial score (nSPS) is 9.00. The molecule has 0 saturated heterocycles. The van der Waals surface area contributed by atoms with Crippen molar-refractivity contribution in [2.45, 2.75) is 0 Å². The van der Waals surface area contributed by atoms with Crippen LogP contribution in [0.25, 0.3) is 0 Å². The highest BCUT2D eigenvalue weighted by Gasteiger charge is 1.76. The van der Waals surface area contributed by atoms with E-state index in [1.54, 1.807) is 0 Å². The lowest BCUT2D eigenvalue weighted by Gasteiger charge is -1.76. The van der Waals surface area contributed by atoms with Crippen LogP contribution in [0, 0.1) is 0 Å². The Hall–Kier alpha value is 0.310. The second-order valence-electron chi connectivity index (χ2n) is 0.268. The molecule has 0 fully saturated rings. The average Bonchev–Trinajstić information content (AvgIpc) is 0.811. The third-order valence-corrected chi connectivity index (χ3v) is 0. The molecule has 0 radical (unpaired) electrons. The van der Waals surface area contributed by atoms with Crippen LogP contribution in [0.15, 0.2) is 0 Å². The van der Waals surface area contributed by atoms with Gasteiger partial charge in [0.1, 0.15) is 0 Å². The first-order valence-corrected chi connectivity index (χ1v) is 1.80. The molecule has 0 aromatic rings. The van der Waals surface area contributed by atoms with Gasteiger partial charge < -0.3 is 14.7 Å². The Bertz CT molecular complexity index is 11.6. The molecule has 0 saturated carbocycles. The molecule has 0 amide bonds. The van der Waals surface area contributed by atoms with Crippen LogP contribution in [0.4, 0.5) is 0 Å². The molecule has 0 aromatic heterocycles. The predicted octanol–water partition coefficient (Wildman–Crippen LogP) is -0.564. The molecule has 0 rings (SSSR count). The molecule has 28 valence electrons. The predicted molar refractivity (Wildman–Crippen MR) is 15.7 cm³/mol. The summed E-state index contributed by atoms with van der Waals surface area (Å²) in [5, 5.41) is 0. The molecule has 0 heterocycles. The van der Waals surface area contributed by atoms with Gasteiger partial charge in [-0.15, -0.1) is 0 Å². The molecular weight excluding hydrogens is 79.0 g/mol. The number of hydrogen-bond acceptors (Lipinski definition) is 3. The summed E-state index contributed by atoms with van der Waals surface area (Å²) >= 11 is 0. The van der Waals surface area contributed by atoms with E-state index in [0.29, 0.717) is 0 Å². The van der Waals surface area contributed by atoms with Gasteiger partial charge in [-0.2, -0.15) is 0 Å². The number of rotatable bonds is 0. The zero-order chi connectivity index (χ0) is 3.58. The van der Waals surface area contributed by atoms with E-state index >= 15 is 0 Å². The second-order valence-corrected chi connectivity index (χ2v) is 0.805. The fourth-order valence-corrected chi connectivity index (χ4v) is 0. The lowest BCUT2D eigenvalue weighted by molar-refractivity contribution is 0.368. The van der Waals surface area contributed by atoms with Gasteiger partial charge in [-0.1, -0.05) is 0 Å². The highest BCUT2D eigenvalue weighted by molar-refractivity contribution is 7.38. The topological polar surface area (TPSA) is 60.7 Å². The summed E-state index contributed by atoms with van der Waals surface area (Å²) in [5.74, 6) is 0. The Morgan fingerprint density at radius 1 is 1.25 bits per heavy atom. The van der Waals surface area contributed by atoms with Crippen LogP contribution in [-0.2, 0) is 0 Å². The van der Waals surface area contributed by atoms with Crippen molar-refractivity contribution >= 4 is 8.60 Å². The minimum Gasteiger partial charge on any atom is -0.328 e. The Morgan fingerprint density at radius 2 is 1.25 bits per heavy atom. The highest BCUT2D eigenvalue weighted by Crippen LogP contribution is 2.11. The summed E-state index contributed by atoms with van der Waals surface area (Å²) in [6.07, 6.45) is 0. The Balaban J connectivity index is 0. The molecule has 0 unspecified atom stereocenters. The molecule has 3 nitrogen and oxygen atoms in total. The molecule has 0 aliphatic rings. The highest BCUT2D eigenvalue weighted by atomic mass is 31.2. The monoisotopic (exact) mass is 84.0 g/mol. The zero-order valence-corrected chi connectivity index (χ0v) is 2.68. The zero-order valence-electron chi connectivity index (χ0n) is 1.79. The van der Waals surface area contributed by atoms with E-state index < -0.39 is 8.60 Å². The van der Waals surface area contributed by atoms with Crippen molar-refractivity contribution in [3.8, 4) is 0 Å². The van der Waals surface area contributed by atoms with Crippen LogP contribution in [0.1, 0.15) is 1.43 Å². The SMILES string of the molecule is OP(O)O.[HH]. The molecule has 0 aliphatic carbocycles. The van der Waals surface area contributed by atoms with Gasteiger partial charge in [-0.05, 0) is 0 Å². The van der Waals surface area contributed by atoms with E-state index in [-0.39, 0.29) is 1.43 Å². The molecule has 0 aliphatic heterocycles. The Kier molecular flexibility index (Phi) is 1.74. The van der Waals surface area contributed by atoms with Gasteiger partial charge in [0.05, 0.1) is 0 Å². The fourth-order valence-electron chi connectivity index (χ4n) is 0. The lowest BCUT2D eigenvalue weighted by Crippen LogP contribution is -1.54. The molecular formula is H5O3P. The van der Waals surface area contributed by atoms with Crippen molar-refractivity contribution in [3.63, 3.8) is 0 Å². The number of hydrogen-bond donors (Lipinski definition) is 3. The molecule has 0 bridgehead atoms. The van der Waals surface area contributed by atoms with Crippen LogP contribution in [-0.4, -0.2) is 14.7 Å². The van der Waals surface area contributed by atoms with Crippen LogP contribution in [0.3, 0.4) is 0 Å². The quantitative estimate of drug-likeness (QED) is 0.344. The maximum Gasteiger partial charge on any atom is 0.324 e. The molecule has 0 atom stereocenters. The second kappa shape index (κ2) is 1.61. The fraction of sp³-hybridized carbons (Fsp3) is 0. The molecule has 3 N–H and O–H groups in total. The van der Waals surface area contributed by atoms with Gasteiger partial charge >= 0.3 is 8.60 Å². The summed E-state index contributed by atoms with van der Waals surface area (Å²) < 4.78 is 0. The largest absolute Gasteiger partial charge is 0.328 e. The standard InChI is InChI=1S/H3O3P.H2/c1-4(2)3;/h1-3H;1H. The molecule has 0 aromatic carbocycles. The van der Waals surface area contributed by atoms with E-state index in [1.165, 1.54) is 0 Å². The van der Waals surface area contributed by atoms with Gasteiger partial charge in [-0.3, -0.25) is 0 Å². The third-order valence-electron chi connectivity index (χ3n) is 0. The van der Waals surface area contributed by atoms with Crippen molar-refractivity contribution in [1.29, 1.82) is 0 Å². The first-order chi connectivity index (χ1) is 1.73. The molecule has 4 heteroatoms. The van der Waals surface area contributed by atoms with Crippen LogP contribution in [0.2, 0.25) is 0 Å². The summed E-state index contributed by atoms with van der Waals surface area (Å²) in [6.45, 7) is 0. The summed E-state index contributed by atoms with van der Waals surface area (Å²) in [7, 11) is -2.62. The third kappa shape index (κ3) is 41.3. The van der Waals surface area contributed by atoms with E-state index in [2.05, 4.69) is 0 Å². The first kappa shape index (κ1) is 4.31. The van der Waals surface area contributed by atoms with Gasteiger partial charge in [0.25, 0.3) is 0 Å².